The number of fused-ring (bicyclic) bond motifs is 1. The lowest BCUT2D eigenvalue weighted by Crippen LogP contribution is -2.41. The third-order valence-corrected chi connectivity index (χ3v) is 7.91. The van der Waals surface area contributed by atoms with Crippen molar-refractivity contribution in [2.45, 2.75) is 64.5 Å². The summed E-state index contributed by atoms with van der Waals surface area (Å²) in [5, 5.41) is 3.53. The van der Waals surface area contributed by atoms with Gasteiger partial charge < -0.3 is 14.8 Å². The number of rotatable bonds is 12. The van der Waals surface area contributed by atoms with Crippen LogP contribution in [0.4, 0.5) is 13.2 Å². The number of pyridine rings is 1. The molecule has 2 aromatic heterocycles. The Morgan fingerprint density at radius 1 is 1.07 bits per heavy atom. The summed E-state index contributed by atoms with van der Waals surface area (Å²) in [5.74, 6) is -2.50. The van der Waals surface area contributed by atoms with Gasteiger partial charge in [0.1, 0.15) is 35.3 Å². The number of hydrogen-bond acceptors (Lipinski definition) is 7. The lowest BCUT2D eigenvalue weighted by molar-refractivity contribution is -0.151. The maximum absolute atomic E-state index is 14.9. The number of benzene rings is 2. The Morgan fingerprint density at radius 3 is 2.49 bits per heavy atom. The molecule has 1 saturated carbocycles. The van der Waals surface area contributed by atoms with Crippen LogP contribution in [0.25, 0.3) is 28.0 Å². The van der Waals surface area contributed by atoms with Crippen LogP contribution in [0.15, 0.2) is 53.3 Å². The van der Waals surface area contributed by atoms with Crippen LogP contribution in [0.2, 0.25) is 5.02 Å². The largest absolute Gasteiger partial charge is 0.463 e. The molecule has 5 rings (SSSR count). The van der Waals surface area contributed by atoms with Crippen molar-refractivity contribution in [3.8, 4) is 23.0 Å². The lowest BCUT2D eigenvalue weighted by atomic mass is 10.0. The van der Waals surface area contributed by atoms with Gasteiger partial charge in [-0.1, -0.05) is 31.5 Å². The average molecular weight is 643 g/mol. The summed E-state index contributed by atoms with van der Waals surface area (Å²) in [4.78, 5) is 34.7. The summed E-state index contributed by atoms with van der Waals surface area (Å²) in [5.41, 5.74) is -1.00. The van der Waals surface area contributed by atoms with Crippen LogP contribution in [0.1, 0.15) is 52.4 Å². The number of aromatic nitrogens is 3. The highest BCUT2D eigenvalue weighted by Gasteiger charge is 2.26. The molecule has 0 radical (unpaired) electrons. The van der Waals surface area contributed by atoms with Crippen LogP contribution in [0.5, 0.6) is 6.01 Å². The van der Waals surface area contributed by atoms with Crippen LogP contribution in [0, 0.1) is 23.4 Å². The van der Waals surface area contributed by atoms with Gasteiger partial charge in [0, 0.05) is 17.0 Å². The molecule has 1 aliphatic rings. The second-order valence-electron chi connectivity index (χ2n) is 11.5. The summed E-state index contributed by atoms with van der Waals surface area (Å²) in [6.45, 7) is 4.60. The fourth-order valence-electron chi connectivity index (χ4n) is 5.46. The molecule has 1 atom stereocenters. The number of ether oxygens (including phenoxy) is 2. The Hall–Kier alpha value is -3.96. The molecule has 1 N–H and O–H groups in total. The highest BCUT2D eigenvalue weighted by Crippen LogP contribution is 2.34. The molecule has 1 fully saturated rings. The second kappa shape index (κ2) is 14.4. The Balaban J connectivity index is 1.41. The number of nitrogens with zero attached hydrogens (tertiary/aromatic N) is 3. The quantitative estimate of drug-likeness (QED) is 0.134. The molecular weight excluding hydrogens is 609 g/mol. The summed E-state index contributed by atoms with van der Waals surface area (Å²) in [6.07, 6.45) is 4.95. The smallest absolute Gasteiger partial charge is 0.323 e. The normalized spacial score (nSPS) is 14.3. The minimum atomic E-state index is -0.972. The molecular formula is C33H34ClF3N4O4. The molecule has 0 saturated heterocycles. The molecule has 2 aromatic carbocycles. The zero-order chi connectivity index (χ0) is 32.1. The third kappa shape index (κ3) is 7.65. The monoisotopic (exact) mass is 642 g/mol. The van der Waals surface area contributed by atoms with Gasteiger partial charge in [0.05, 0.1) is 17.3 Å². The van der Waals surface area contributed by atoms with E-state index in [2.05, 4.69) is 15.3 Å². The van der Waals surface area contributed by atoms with Crippen molar-refractivity contribution in [3.05, 3.63) is 81.4 Å². The van der Waals surface area contributed by atoms with E-state index in [1.807, 2.05) is 13.8 Å². The second-order valence-corrected chi connectivity index (χ2v) is 11.9. The molecule has 0 bridgehead atoms. The van der Waals surface area contributed by atoms with E-state index in [1.165, 1.54) is 24.3 Å². The van der Waals surface area contributed by atoms with Gasteiger partial charge in [-0.2, -0.15) is 9.97 Å². The standard InChI is InChI=1S/C33H34ClF3N4O4/c1-19(2)17-27(32(43)45-21-7-3-4-8-21)38-15-6-16-44-33-39-29(22-12-11-20(35)18-24(22)34)23-13-14-28(42)41(31(23)40-33)30-25(36)9-5-10-26(30)37/h5,9-14,18-19,21,27,38H,3-4,6-8,15-17H2,1-2H3/t27-/m0/s1. The zero-order valence-corrected chi connectivity index (χ0v) is 25.8. The molecule has 12 heteroatoms. The van der Waals surface area contributed by atoms with Gasteiger partial charge in [-0.3, -0.25) is 14.2 Å². The predicted molar refractivity (Wildman–Crippen MR) is 165 cm³/mol. The van der Waals surface area contributed by atoms with E-state index in [0.717, 1.165) is 54.5 Å². The molecule has 1 aliphatic carbocycles. The maximum Gasteiger partial charge on any atom is 0.323 e. The van der Waals surface area contributed by atoms with Gasteiger partial charge in [0.25, 0.3) is 5.56 Å². The minimum Gasteiger partial charge on any atom is -0.463 e. The number of esters is 1. The maximum atomic E-state index is 14.9. The zero-order valence-electron chi connectivity index (χ0n) is 25.0. The van der Waals surface area contributed by atoms with Crippen molar-refractivity contribution in [2.24, 2.45) is 5.92 Å². The number of carbonyl (C=O) groups excluding carboxylic acids is 1. The Morgan fingerprint density at radius 2 is 1.80 bits per heavy atom. The molecule has 238 valence electrons. The van der Waals surface area contributed by atoms with Crippen LogP contribution in [0.3, 0.4) is 0 Å². The summed E-state index contributed by atoms with van der Waals surface area (Å²) in [6, 6.07) is 8.86. The molecule has 8 nitrogen and oxygen atoms in total. The molecule has 45 heavy (non-hydrogen) atoms. The van der Waals surface area contributed by atoms with Gasteiger partial charge in [-0.15, -0.1) is 0 Å². The van der Waals surface area contributed by atoms with Gasteiger partial charge >= 0.3 is 12.0 Å². The first-order chi connectivity index (χ1) is 21.6. The van der Waals surface area contributed by atoms with Crippen LogP contribution < -0.4 is 15.6 Å². The highest BCUT2D eigenvalue weighted by molar-refractivity contribution is 6.33. The predicted octanol–water partition coefficient (Wildman–Crippen LogP) is 6.78. The van der Waals surface area contributed by atoms with E-state index in [-0.39, 0.29) is 52.4 Å². The van der Waals surface area contributed by atoms with Crippen LogP contribution in [-0.4, -0.2) is 45.8 Å². The lowest BCUT2D eigenvalue weighted by Gasteiger charge is -2.21. The van der Waals surface area contributed by atoms with E-state index >= 15 is 0 Å². The third-order valence-electron chi connectivity index (χ3n) is 7.60. The highest BCUT2D eigenvalue weighted by atomic mass is 35.5. The van der Waals surface area contributed by atoms with E-state index in [0.29, 0.717) is 24.9 Å². The van der Waals surface area contributed by atoms with Gasteiger partial charge in [0.15, 0.2) is 5.65 Å². The van der Waals surface area contributed by atoms with Crippen molar-refractivity contribution < 1.29 is 27.4 Å². The topological polar surface area (TPSA) is 95.3 Å². The fourth-order valence-corrected chi connectivity index (χ4v) is 5.72. The SMILES string of the molecule is CC(C)C[C@H](NCCCOc1nc(-c2ccc(F)cc2Cl)c2ccc(=O)n(-c3c(F)cccc3F)c2n1)C(=O)OC1CCCC1. The number of hydrogen-bond donors (Lipinski definition) is 1. The van der Waals surface area contributed by atoms with E-state index in [4.69, 9.17) is 21.1 Å². The van der Waals surface area contributed by atoms with E-state index in [1.54, 1.807) is 0 Å². The first-order valence-electron chi connectivity index (χ1n) is 15.0. The van der Waals surface area contributed by atoms with Crippen molar-refractivity contribution in [2.75, 3.05) is 13.2 Å². The molecule has 0 spiro atoms. The Labute approximate surface area is 263 Å². The van der Waals surface area contributed by atoms with Crippen molar-refractivity contribution >= 4 is 28.6 Å². The number of carbonyl (C=O) groups is 1. The molecule has 0 unspecified atom stereocenters. The molecule has 0 amide bonds. The summed E-state index contributed by atoms with van der Waals surface area (Å²) >= 11 is 6.37. The van der Waals surface area contributed by atoms with Crippen molar-refractivity contribution in [1.29, 1.82) is 0 Å². The molecule has 0 aliphatic heterocycles. The summed E-state index contributed by atoms with van der Waals surface area (Å²) < 4.78 is 56.1. The van der Waals surface area contributed by atoms with Crippen LogP contribution in [-0.2, 0) is 9.53 Å². The van der Waals surface area contributed by atoms with Gasteiger partial charge in [-0.25, -0.2) is 13.2 Å². The summed E-state index contributed by atoms with van der Waals surface area (Å²) in [7, 11) is 0. The molecule has 2 heterocycles. The van der Waals surface area contributed by atoms with Crippen LogP contribution >= 0.6 is 11.6 Å². The van der Waals surface area contributed by atoms with E-state index in [9.17, 15) is 22.8 Å². The fraction of sp³-hybridized carbons (Fsp3) is 0.394. The van der Waals surface area contributed by atoms with Gasteiger partial charge in [-0.05, 0) is 87.4 Å². The Bertz CT molecular complexity index is 1720. The number of para-hydroxylation sites is 1. The van der Waals surface area contributed by atoms with Crippen molar-refractivity contribution in [1.82, 2.24) is 19.9 Å². The number of halogens is 4. The first kappa shape index (κ1) is 32.4. The minimum absolute atomic E-state index is 0.0265. The average Bonchev–Trinajstić information content (AvgIpc) is 3.50. The number of nitrogens with one attached hydrogen (secondary N) is 1. The van der Waals surface area contributed by atoms with Gasteiger partial charge in [0.2, 0.25) is 0 Å². The van der Waals surface area contributed by atoms with Crippen molar-refractivity contribution in [3.63, 3.8) is 0 Å². The molecule has 4 aromatic rings. The van der Waals surface area contributed by atoms with E-state index < -0.39 is 34.7 Å². The first-order valence-corrected chi connectivity index (χ1v) is 15.4. The Kier molecular flexibility index (Phi) is 10.4.